The zero-order valence-corrected chi connectivity index (χ0v) is 32.7. The fourth-order valence-corrected chi connectivity index (χ4v) is 8.84. The average molecular weight is 786 g/mol. The first-order valence-corrected chi connectivity index (χ1v) is 20.0. The summed E-state index contributed by atoms with van der Waals surface area (Å²) in [6, 6.07) is 10.4. The van der Waals surface area contributed by atoms with Crippen molar-refractivity contribution in [3.63, 3.8) is 0 Å². The van der Waals surface area contributed by atoms with E-state index in [1.54, 1.807) is 41.4 Å². The van der Waals surface area contributed by atoms with Gasteiger partial charge in [0.05, 0.1) is 10.4 Å². The van der Waals surface area contributed by atoms with E-state index in [9.17, 15) is 27.6 Å². The second-order valence-corrected chi connectivity index (χ2v) is 16.1. The SMILES string of the molecule is CCCC/C=C\C1=C(C)c2sc(C(=O)NC3=C(F)CC(F)C=C3F)cc2CCN1C(=O)c1ccc(NC(=O)c2cc(C)cnc2N2CC3(CCOCC3)C2)cc1. The topological polar surface area (TPSA) is 104 Å². The number of hydrogen-bond acceptors (Lipinski definition) is 7. The highest BCUT2D eigenvalue weighted by atomic mass is 32.1. The van der Waals surface area contributed by atoms with E-state index in [-0.39, 0.29) is 22.1 Å². The summed E-state index contributed by atoms with van der Waals surface area (Å²) in [4.78, 5) is 50.6. The molecule has 1 atom stereocenters. The Labute approximate surface area is 329 Å². The number of hydrogen-bond donors (Lipinski definition) is 2. The zero-order valence-electron chi connectivity index (χ0n) is 31.9. The number of alkyl halides is 1. The molecule has 3 aromatic rings. The van der Waals surface area contributed by atoms with E-state index in [1.165, 1.54) is 11.3 Å². The third-order valence-corrected chi connectivity index (χ3v) is 12.2. The minimum atomic E-state index is -1.79. The van der Waals surface area contributed by atoms with Crippen molar-refractivity contribution < 1.29 is 32.3 Å². The van der Waals surface area contributed by atoms with Gasteiger partial charge in [-0.3, -0.25) is 14.4 Å². The minimum Gasteiger partial charge on any atom is -0.381 e. The fraction of sp³-hybridized carbons (Fsp3) is 0.395. The molecule has 3 aliphatic heterocycles. The van der Waals surface area contributed by atoms with E-state index in [0.717, 1.165) is 80.0 Å². The van der Waals surface area contributed by atoms with Gasteiger partial charge in [0.2, 0.25) is 0 Å². The van der Waals surface area contributed by atoms with Gasteiger partial charge in [-0.1, -0.05) is 25.8 Å². The van der Waals surface area contributed by atoms with Crippen LogP contribution in [0.3, 0.4) is 0 Å². The number of allylic oxidation sites excluding steroid dienone is 6. The number of unbranched alkanes of at least 4 members (excludes halogenated alkanes) is 2. The summed E-state index contributed by atoms with van der Waals surface area (Å²) >= 11 is 1.18. The Kier molecular flexibility index (Phi) is 11.6. The number of amides is 3. The lowest BCUT2D eigenvalue weighted by atomic mass is 9.73. The van der Waals surface area contributed by atoms with Gasteiger partial charge < -0.3 is 25.2 Å². The molecule has 0 bridgehead atoms. The molecule has 0 radical (unpaired) electrons. The molecule has 2 saturated heterocycles. The Hall–Kier alpha value is -5.01. The minimum absolute atomic E-state index is 0.218. The van der Waals surface area contributed by atoms with E-state index in [4.69, 9.17) is 4.74 Å². The molecule has 1 unspecified atom stereocenters. The van der Waals surface area contributed by atoms with Gasteiger partial charge in [0.25, 0.3) is 17.7 Å². The lowest BCUT2D eigenvalue weighted by Gasteiger charge is -2.53. The third-order valence-electron chi connectivity index (χ3n) is 10.9. The molecule has 1 spiro atoms. The quantitative estimate of drug-likeness (QED) is 0.199. The first kappa shape index (κ1) is 39.2. The number of carbonyl (C=O) groups is 3. The molecule has 7 rings (SSSR count). The Morgan fingerprint density at radius 1 is 1.05 bits per heavy atom. The molecule has 9 nitrogen and oxygen atoms in total. The number of rotatable bonds is 10. The van der Waals surface area contributed by atoms with Gasteiger partial charge in [0.15, 0.2) is 0 Å². The molecule has 13 heteroatoms. The molecule has 1 aliphatic carbocycles. The van der Waals surface area contributed by atoms with Gasteiger partial charge in [-0.25, -0.2) is 18.2 Å². The summed E-state index contributed by atoms with van der Waals surface area (Å²) in [5, 5.41) is 5.29. The predicted molar refractivity (Wildman–Crippen MR) is 213 cm³/mol. The number of benzene rings is 1. The van der Waals surface area contributed by atoms with E-state index < -0.39 is 35.9 Å². The van der Waals surface area contributed by atoms with E-state index in [0.29, 0.717) is 47.4 Å². The summed E-state index contributed by atoms with van der Waals surface area (Å²) in [6.07, 6.45) is 9.24. The van der Waals surface area contributed by atoms with Crippen molar-refractivity contribution in [1.82, 2.24) is 15.2 Å². The molecule has 294 valence electrons. The predicted octanol–water partition coefficient (Wildman–Crippen LogP) is 9.00. The van der Waals surface area contributed by atoms with Crippen molar-refractivity contribution in [3.8, 4) is 0 Å². The smallest absolute Gasteiger partial charge is 0.265 e. The maximum absolute atomic E-state index is 14.4. The normalized spacial score (nSPS) is 19.5. The molecule has 56 heavy (non-hydrogen) atoms. The highest BCUT2D eigenvalue weighted by molar-refractivity contribution is 7.15. The van der Waals surface area contributed by atoms with E-state index in [2.05, 4.69) is 27.4 Å². The van der Waals surface area contributed by atoms with Crippen molar-refractivity contribution in [2.75, 3.05) is 43.1 Å². The van der Waals surface area contributed by atoms with Gasteiger partial charge >= 0.3 is 0 Å². The number of carbonyl (C=O) groups excluding carboxylic acids is 3. The highest BCUT2D eigenvalue weighted by Gasteiger charge is 2.45. The van der Waals surface area contributed by atoms with Gasteiger partial charge in [-0.05, 0) is 105 Å². The van der Waals surface area contributed by atoms with Crippen LogP contribution >= 0.6 is 11.3 Å². The van der Waals surface area contributed by atoms with Crippen LogP contribution in [0.15, 0.2) is 83.9 Å². The third kappa shape index (κ3) is 8.24. The van der Waals surface area contributed by atoms with Crippen LogP contribution in [0.2, 0.25) is 0 Å². The van der Waals surface area contributed by atoms with Gasteiger partial charge in [-0.2, -0.15) is 0 Å². The van der Waals surface area contributed by atoms with Gasteiger partial charge in [0, 0.05) is 72.7 Å². The number of fused-ring (bicyclic) bond motifs is 1. The van der Waals surface area contributed by atoms with Crippen LogP contribution in [0.4, 0.5) is 24.7 Å². The Bertz CT molecular complexity index is 2140. The second kappa shape index (κ2) is 16.6. The van der Waals surface area contributed by atoms with Crippen molar-refractivity contribution in [1.29, 1.82) is 0 Å². The van der Waals surface area contributed by atoms with Crippen LogP contribution < -0.4 is 15.5 Å². The first-order valence-electron chi connectivity index (χ1n) is 19.2. The summed E-state index contributed by atoms with van der Waals surface area (Å²) in [5.41, 5.74) is 4.24. The monoisotopic (exact) mass is 785 g/mol. The first-order chi connectivity index (χ1) is 26.9. The molecule has 2 fully saturated rings. The van der Waals surface area contributed by atoms with E-state index in [1.807, 2.05) is 32.1 Å². The standard InChI is InChI=1S/C43H46F3N5O4S/c1-4-5-6-7-8-35-27(3)38-29(20-36(56-38)41(53)49-37-33(45)21-30(44)22-34(37)46)13-16-51(35)42(54)28-9-11-31(12-10-28)48-40(52)32-19-26(2)23-47-39(32)50-24-43(25-50)14-17-55-18-15-43/h7-12,19-21,23,30H,4-6,13-18,22,24-25H2,1-3H3,(H,48,52)(H,49,53)/b8-7-. The number of ether oxygens (including phenoxy) is 1. The van der Waals surface area contributed by atoms with Crippen molar-refractivity contribution in [2.45, 2.75) is 71.9 Å². The molecule has 2 aromatic heterocycles. The zero-order chi connectivity index (χ0) is 39.6. The average Bonchev–Trinajstić information content (AvgIpc) is 3.55. The molecule has 5 heterocycles. The van der Waals surface area contributed by atoms with Crippen LogP contribution in [0.5, 0.6) is 0 Å². The summed E-state index contributed by atoms with van der Waals surface area (Å²) < 4.78 is 47.9. The van der Waals surface area contributed by atoms with Crippen LogP contribution in [-0.4, -0.2) is 66.6 Å². The number of aromatic nitrogens is 1. The Morgan fingerprint density at radius 2 is 1.80 bits per heavy atom. The van der Waals surface area contributed by atoms with Crippen LogP contribution in [0.1, 0.15) is 98.8 Å². The Morgan fingerprint density at radius 3 is 2.52 bits per heavy atom. The van der Waals surface area contributed by atoms with Crippen molar-refractivity contribution >= 4 is 46.1 Å². The van der Waals surface area contributed by atoms with Crippen LogP contribution in [0.25, 0.3) is 5.57 Å². The highest BCUT2D eigenvalue weighted by Crippen LogP contribution is 2.43. The molecular weight excluding hydrogens is 740 g/mol. The number of nitrogens with one attached hydrogen (secondary N) is 2. The number of anilines is 2. The maximum atomic E-state index is 14.4. The number of halogens is 3. The largest absolute Gasteiger partial charge is 0.381 e. The van der Waals surface area contributed by atoms with Crippen molar-refractivity contribution in [2.24, 2.45) is 5.41 Å². The van der Waals surface area contributed by atoms with E-state index >= 15 is 0 Å². The van der Waals surface area contributed by atoms with Crippen molar-refractivity contribution in [3.05, 3.63) is 116 Å². The lowest BCUT2D eigenvalue weighted by molar-refractivity contribution is -0.000511. The molecule has 0 saturated carbocycles. The summed E-state index contributed by atoms with van der Waals surface area (Å²) in [6.45, 7) is 9.44. The number of nitrogens with zero attached hydrogens (tertiary/aromatic N) is 3. The molecule has 3 amide bonds. The number of pyridine rings is 1. The number of thiophene rings is 1. The van der Waals surface area contributed by atoms with Crippen LogP contribution in [-0.2, 0) is 11.2 Å². The maximum Gasteiger partial charge on any atom is 0.265 e. The second-order valence-electron chi connectivity index (χ2n) is 15.1. The molecule has 4 aliphatic rings. The molecular formula is C43H46F3N5O4S. The number of aryl methyl sites for hydroxylation is 1. The van der Waals surface area contributed by atoms with Crippen LogP contribution in [0, 0.1) is 12.3 Å². The fourth-order valence-electron chi connectivity index (χ4n) is 7.73. The summed E-state index contributed by atoms with van der Waals surface area (Å²) in [7, 11) is 0. The van der Waals surface area contributed by atoms with Gasteiger partial charge in [0.1, 0.15) is 29.3 Å². The lowest BCUT2D eigenvalue weighted by Crippen LogP contribution is -2.59. The summed E-state index contributed by atoms with van der Waals surface area (Å²) in [5.74, 6) is -2.71. The Balaban J connectivity index is 1.08. The van der Waals surface area contributed by atoms with Gasteiger partial charge in [-0.15, -0.1) is 11.3 Å². The molecule has 2 N–H and O–H groups in total. The molecule has 1 aromatic carbocycles.